The van der Waals surface area contributed by atoms with Crippen LogP contribution in [0.5, 0.6) is 0 Å². The standard InChI is InChI=1S/C54H39BN2S/c1-32-19-23-37(24-20-32)57-49-30-35(4)29-48-52(49)55(54-53(57)45-27-33(2)22-26-50(45)58-54)46-28-34(3)21-25-47(46)56(48)38-12-9-11-36(31-38)39-17-10-18-44-42-14-6-5-13-40(42)41-15-7-8-16-43(41)51(39)44/h5-31H,1-4H3. The van der Waals surface area contributed by atoms with Crippen molar-refractivity contribution >= 4 is 110 Å². The lowest BCUT2D eigenvalue weighted by Crippen LogP contribution is -2.60. The second-order valence-corrected chi connectivity index (χ2v) is 17.5. The summed E-state index contributed by atoms with van der Waals surface area (Å²) in [6.07, 6.45) is 0. The Morgan fingerprint density at radius 2 is 1.05 bits per heavy atom. The molecule has 9 aromatic carbocycles. The van der Waals surface area contributed by atoms with Crippen molar-refractivity contribution in [2.24, 2.45) is 0 Å². The van der Waals surface area contributed by atoms with E-state index in [-0.39, 0.29) is 6.71 Å². The van der Waals surface area contributed by atoms with Crippen LogP contribution < -0.4 is 25.5 Å². The summed E-state index contributed by atoms with van der Waals surface area (Å²) in [6.45, 7) is 8.99. The van der Waals surface area contributed by atoms with Crippen LogP contribution in [0.15, 0.2) is 164 Å². The average molecular weight is 759 g/mol. The van der Waals surface area contributed by atoms with E-state index in [1.165, 1.54) is 120 Å². The fourth-order valence-electron chi connectivity index (χ4n) is 10.1. The highest BCUT2D eigenvalue weighted by atomic mass is 32.1. The Morgan fingerprint density at radius 3 is 1.81 bits per heavy atom. The fourth-order valence-corrected chi connectivity index (χ4v) is 11.4. The van der Waals surface area contributed by atoms with E-state index in [0.717, 1.165) is 5.69 Å². The third kappa shape index (κ3) is 4.79. The van der Waals surface area contributed by atoms with Gasteiger partial charge in [-0.25, -0.2) is 0 Å². The molecule has 0 saturated heterocycles. The van der Waals surface area contributed by atoms with Crippen molar-refractivity contribution in [1.29, 1.82) is 0 Å². The van der Waals surface area contributed by atoms with E-state index in [0.29, 0.717) is 0 Å². The summed E-state index contributed by atoms with van der Waals surface area (Å²) >= 11 is 1.96. The van der Waals surface area contributed by atoms with E-state index >= 15 is 0 Å². The van der Waals surface area contributed by atoms with E-state index in [1.807, 2.05) is 11.3 Å². The van der Waals surface area contributed by atoms with Crippen molar-refractivity contribution in [2.45, 2.75) is 27.7 Å². The van der Waals surface area contributed by atoms with E-state index in [4.69, 9.17) is 0 Å². The van der Waals surface area contributed by atoms with Crippen LogP contribution in [-0.2, 0) is 0 Å². The summed E-state index contributed by atoms with van der Waals surface area (Å²) in [5, 5.41) is 9.09. The maximum absolute atomic E-state index is 2.57. The summed E-state index contributed by atoms with van der Waals surface area (Å²) in [7, 11) is 0. The average Bonchev–Trinajstić information content (AvgIpc) is 3.62. The molecule has 0 N–H and O–H groups in total. The first-order valence-electron chi connectivity index (χ1n) is 20.3. The smallest absolute Gasteiger partial charge is 0.264 e. The molecule has 2 aliphatic rings. The number of fused-ring (bicyclic) bond motifs is 12. The van der Waals surface area contributed by atoms with E-state index in [2.05, 4.69) is 201 Å². The predicted octanol–water partition coefficient (Wildman–Crippen LogP) is 13.3. The van der Waals surface area contributed by atoms with Gasteiger partial charge in [0.1, 0.15) is 0 Å². The zero-order valence-corrected chi connectivity index (χ0v) is 33.8. The predicted molar refractivity (Wildman–Crippen MR) is 253 cm³/mol. The molecule has 0 bridgehead atoms. The summed E-state index contributed by atoms with van der Waals surface area (Å²) < 4.78 is 2.74. The van der Waals surface area contributed by atoms with Gasteiger partial charge in [-0.3, -0.25) is 0 Å². The summed E-state index contributed by atoms with van der Waals surface area (Å²) in [5.41, 5.74) is 17.7. The molecule has 0 aliphatic carbocycles. The second kappa shape index (κ2) is 12.4. The van der Waals surface area contributed by atoms with Crippen molar-refractivity contribution in [3.63, 3.8) is 0 Å². The van der Waals surface area contributed by atoms with Gasteiger partial charge in [0.25, 0.3) is 6.71 Å². The molecule has 1 aromatic heterocycles. The second-order valence-electron chi connectivity index (χ2n) is 16.4. The molecule has 10 aromatic rings. The number of hydrogen-bond acceptors (Lipinski definition) is 3. The molecule has 4 heteroatoms. The van der Waals surface area contributed by atoms with Crippen molar-refractivity contribution in [1.82, 2.24) is 0 Å². The van der Waals surface area contributed by atoms with Gasteiger partial charge in [0.15, 0.2) is 0 Å². The molecule has 12 rings (SSSR count). The molecule has 58 heavy (non-hydrogen) atoms. The Balaban J connectivity index is 1.13. The number of hydrogen-bond donors (Lipinski definition) is 0. The molecule has 0 fully saturated rings. The largest absolute Gasteiger partial charge is 0.311 e. The quantitative estimate of drug-likeness (QED) is 0.131. The number of thiophene rings is 1. The van der Waals surface area contributed by atoms with Gasteiger partial charge in [-0.05, 0) is 142 Å². The van der Waals surface area contributed by atoms with Gasteiger partial charge in [-0.2, -0.15) is 0 Å². The summed E-state index contributed by atoms with van der Waals surface area (Å²) in [6, 6.07) is 61.9. The van der Waals surface area contributed by atoms with Gasteiger partial charge in [0, 0.05) is 43.3 Å². The number of nitrogens with zero attached hydrogens (tertiary/aromatic N) is 2. The first kappa shape index (κ1) is 33.5. The van der Waals surface area contributed by atoms with Crippen LogP contribution >= 0.6 is 11.3 Å². The lowest BCUT2D eigenvalue weighted by atomic mass is 9.36. The highest BCUT2D eigenvalue weighted by Gasteiger charge is 2.45. The molecule has 274 valence electrons. The minimum absolute atomic E-state index is 0.104. The van der Waals surface area contributed by atoms with Crippen LogP contribution in [0, 0.1) is 27.7 Å². The lowest BCUT2D eigenvalue weighted by molar-refractivity contribution is 1.24. The third-order valence-corrected chi connectivity index (χ3v) is 13.8. The topological polar surface area (TPSA) is 6.48 Å². The molecular formula is C54H39BN2S. The highest BCUT2D eigenvalue weighted by molar-refractivity contribution is 7.33. The SMILES string of the molecule is Cc1ccc(N2c3cc(C)cc4c3B(c3cc(C)ccc3N4c3cccc(-c4cccc5c6ccccc6c6ccccc6c45)c3)c3sc4ccc(C)cc4c32)cc1. The van der Waals surface area contributed by atoms with Gasteiger partial charge in [-0.1, -0.05) is 126 Å². The van der Waals surface area contributed by atoms with Crippen LogP contribution in [0.4, 0.5) is 34.1 Å². The van der Waals surface area contributed by atoms with Crippen molar-refractivity contribution in [3.8, 4) is 11.1 Å². The maximum Gasteiger partial charge on any atom is 0.264 e. The first-order chi connectivity index (χ1) is 28.4. The van der Waals surface area contributed by atoms with Crippen LogP contribution in [0.2, 0.25) is 0 Å². The molecular weight excluding hydrogens is 719 g/mol. The molecule has 0 spiro atoms. The summed E-state index contributed by atoms with van der Waals surface area (Å²) in [5.74, 6) is 0. The van der Waals surface area contributed by atoms with Crippen LogP contribution in [-0.4, -0.2) is 6.71 Å². The van der Waals surface area contributed by atoms with Gasteiger partial charge >= 0.3 is 0 Å². The lowest BCUT2D eigenvalue weighted by Gasteiger charge is -2.43. The van der Waals surface area contributed by atoms with Crippen LogP contribution in [0.3, 0.4) is 0 Å². The third-order valence-electron chi connectivity index (χ3n) is 12.6. The fraction of sp³-hybridized carbons (Fsp3) is 0.0741. The minimum atomic E-state index is 0.104. The first-order valence-corrected chi connectivity index (χ1v) is 21.1. The highest BCUT2D eigenvalue weighted by Crippen LogP contribution is 2.49. The molecule has 0 radical (unpaired) electrons. The van der Waals surface area contributed by atoms with Crippen molar-refractivity contribution < 1.29 is 0 Å². The normalized spacial score (nSPS) is 13.1. The molecule has 2 aliphatic heterocycles. The monoisotopic (exact) mass is 758 g/mol. The Morgan fingerprint density at radius 1 is 0.431 bits per heavy atom. The van der Waals surface area contributed by atoms with Crippen LogP contribution in [0.25, 0.3) is 53.5 Å². The molecule has 2 nitrogen and oxygen atoms in total. The number of rotatable bonds is 3. The summed E-state index contributed by atoms with van der Waals surface area (Å²) in [4.78, 5) is 5.12. The van der Waals surface area contributed by atoms with Crippen LogP contribution in [0.1, 0.15) is 22.3 Å². The Hall–Kier alpha value is -6.62. The van der Waals surface area contributed by atoms with Crippen molar-refractivity contribution in [2.75, 3.05) is 9.80 Å². The molecule has 3 heterocycles. The van der Waals surface area contributed by atoms with Gasteiger partial charge in [0.2, 0.25) is 0 Å². The zero-order valence-electron chi connectivity index (χ0n) is 33.0. The number of anilines is 6. The minimum Gasteiger partial charge on any atom is -0.311 e. The number of benzene rings is 9. The molecule has 0 atom stereocenters. The molecule has 0 unspecified atom stereocenters. The zero-order chi connectivity index (χ0) is 38.8. The maximum atomic E-state index is 2.57. The van der Waals surface area contributed by atoms with Gasteiger partial charge < -0.3 is 9.80 Å². The Kier molecular flexibility index (Phi) is 7.19. The van der Waals surface area contributed by atoms with E-state index in [1.54, 1.807) is 0 Å². The number of aryl methyl sites for hydroxylation is 4. The molecule has 0 saturated carbocycles. The van der Waals surface area contributed by atoms with Crippen molar-refractivity contribution in [3.05, 3.63) is 186 Å². The van der Waals surface area contributed by atoms with Gasteiger partial charge in [0.05, 0.1) is 5.69 Å². The van der Waals surface area contributed by atoms with E-state index in [9.17, 15) is 0 Å². The van der Waals surface area contributed by atoms with E-state index < -0.39 is 0 Å². The molecule has 0 amide bonds. The Bertz CT molecular complexity index is 3310. The van der Waals surface area contributed by atoms with Gasteiger partial charge in [-0.15, -0.1) is 11.3 Å². The Labute approximate surface area is 343 Å².